The molecule has 34 heavy (non-hydrogen) atoms. The molecule has 174 valence electrons. The summed E-state index contributed by atoms with van der Waals surface area (Å²) in [6, 6.07) is 7.72. The topological polar surface area (TPSA) is 83.5 Å². The number of hydrogen-bond donors (Lipinski definition) is 3. The number of nitrogens with one attached hydrogen (secondary N) is 2. The summed E-state index contributed by atoms with van der Waals surface area (Å²) in [6.45, 7) is 8.86. The maximum atomic E-state index is 11.8. The van der Waals surface area contributed by atoms with E-state index in [9.17, 15) is 9.90 Å². The highest BCUT2D eigenvalue weighted by Crippen LogP contribution is 2.50. The lowest BCUT2D eigenvalue weighted by Gasteiger charge is -2.30. The average Bonchev–Trinajstić information content (AvgIpc) is 3.65. The lowest BCUT2D eigenvalue weighted by atomic mass is 9.87. The Morgan fingerprint density at radius 3 is 2.68 bits per heavy atom. The maximum Gasteiger partial charge on any atom is 0.356 e. The Balaban J connectivity index is 1.60. The Bertz CT molecular complexity index is 1320. The van der Waals surface area contributed by atoms with Crippen LogP contribution in [0.1, 0.15) is 65.6 Å². The molecule has 0 bridgehead atoms. The zero-order chi connectivity index (χ0) is 24.0. The summed E-state index contributed by atoms with van der Waals surface area (Å²) < 4.78 is 6.65. The molecule has 1 aliphatic carbocycles. The van der Waals surface area contributed by atoms with E-state index in [1.165, 1.54) is 11.1 Å². The highest BCUT2D eigenvalue weighted by atomic mass is 16.5. The number of aromatic carboxylic acids is 1. The molecule has 3 N–H and O–H groups in total. The number of aryl methyl sites for hydroxylation is 2. The Morgan fingerprint density at radius 1 is 1.21 bits per heavy atom. The summed E-state index contributed by atoms with van der Waals surface area (Å²) in [5.41, 5.74) is 9.36. The molecule has 0 saturated heterocycles. The van der Waals surface area contributed by atoms with E-state index in [1.807, 2.05) is 19.2 Å². The first-order chi connectivity index (χ1) is 16.3. The van der Waals surface area contributed by atoms with Crippen molar-refractivity contribution >= 4 is 17.2 Å². The van der Waals surface area contributed by atoms with Gasteiger partial charge in [0.05, 0.1) is 11.7 Å². The molecule has 0 amide bonds. The first kappa shape index (κ1) is 22.0. The number of hydrogen-bond acceptors (Lipinski definition) is 5. The summed E-state index contributed by atoms with van der Waals surface area (Å²) >= 11 is 0. The van der Waals surface area contributed by atoms with Crippen LogP contribution >= 0.6 is 0 Å². The highest BCUT2D eigenvalue weighted by Gasteiger charge is 2.32. The first-order valence-corrected chi connectivity index (χ1v) is 11.7. The number of carboxylic acids is 1. The molecule has 1 atom stereocenters. The molecular formula is C28H29N3O3. The van der Waals surface area contributed by atoms with Gasteiger partial charge in [0.25, 0.3) is 0 Å². The van der Waals surface area contributed by atoms with Gasteiger partial charge in [-0.2, -0.15) is 0 Å². The quantitative estimate of drug-likeness (QED) is 0.526. The van der Waals surface area contributed by atoms with Crippen molar-refractivity contribution in [2.24, 2.45) is 0 Å². The molecule has 3 heterocycles. The molecule has 0 radical (unpaired) electrons. The summed E-state index contributed by atoms with van der Waals surface area (Å²) in [6.07, 6.45) is 8.42. The second-order valence-corrected chi connectivity index (χ2v) is 9.20. The van der Waals surface area contributed by atoms with Gasteiger partial charge in [0, 0.05) is 40.7 Å². The number of allylic oxidation sites excluding steroid dienone is 4. The monoisotopic (exact) mass is 455 g/mol. The van der Waals surface area contributed by atoms with Crippen molar-refractivity contribution in [3.63, 3.8) is 0 Å². The number of dihydropyridines is 1. The largest absolute Gasteiger partial charge is 0.476 e. The molecule has 6 heteroatoms. The highest BCUT2D eigenvalue weighted by molar-refractivity contribution is 5.92. The minimum atomic E-state index is -1.05. The molecular weight excluding hydrogens is 426 g/mol. The van der Waals surface area contributed by atoms with Crippen LogP contribution in [0.25, 0.3) is 5.57 Å². The van der Waals surface area contributed by atoms with E-state index in [0.717, 1.165) is 58.7 Å². The van der Waals surface area contributed by atoms with Crippen LogP contribution in [0.2, 0.25) is 0 Å². The molecule has 1 fully saturated rings. The van der Waals surface area contributed by atoms with Crippen LogP contribution in [0, 0.1) is 13.8 Å². The molecule has 6 nitrogen and oxygen atoms in total. The number of fused-ring (bicyclic) bond motifs is 1. The summed E-state index contributed by atoms with van der Waals surface area (Å²) in [7, 11) is 0. The van der Waals surface area contributed by atoms with Gasteiger partial charge in [-0.1, -0.05) is 23.8 Å². The maximum absolute atomic E-state index is 11.8. The van der Waals surface area contributed by atoms with Crippen LogP contribution < -0.4 is 15.4 Å². The zero-order valence-electron chi connectivity index (χ0n) is 20.0. The van der Waals surface area contributed by atoms with Crippen LogP contribution in [0.15, 0.2) is 65.1 Å². The fourth-order valence-corrected chi connectivity index (χ4v) is 4.72. The van der Waals surface area contributed by atoms with E-state index < -0.39 is 5.97 Å². The van der Waals surface area contributed by atoms with Gasteiger partial charge in [0.2, 0.25) is 0 Å². The van der Waals surface area contributed by atoms with Crippen molar-refractivity contribution in [2.45, 2.75) is 46.6 Å². The number of rotatable bonds is 5. The van der Waals surface area contributed by atoms with Crippen LogP contribution in [0.5, 0.6) is 5.75 Å². The van der Waals surface area contributed by atoms with Crippen molar-refractivity contribution in [3.05, 3.63) is 93.2 Å². The Morgan fingerprint density at radius 2 is 2.00 bits per heavy atom. The SMILES string of the molecule is CC1=C(C2=CNCC=C2)Oc2c(cc(C)cc2C(C)Nc2ccc(C)nc2C(=O)O)C1=C1CC1. The molecule has 1 aromatic carbocycles. The second-order valence-electron chi connectivity index (χ2n) is 9.20. The minimum Gasteiger partial charge on any atom is -0.476 e. The van der Waals surface area contributed by atoms with E-state index >= 15 is 0 Å². The molecule has 1 unspecified atom stereocenters. The molecule has 3 aliphatic rings. The number of pyridine rings is 1. The predicted molar refractivity (Wildman–Crippen MR) is 134 cm³/mol. The predicted octanol–water partition coefficient (Wildman–Crippen LogP) is 5.83. The van der Waals surface area contributed by atoms with Gasteiger partial charge in [-0.3, -0.25) is 0 Å². The first-order valence-electron chi connectivity index (χ1n) is 11.7. The Hall–Kier alpha value is -3.80. The van der Waals surface area contributed by atoms with Crippen molar-refractivity contribution in [1.29, 1.82) is 0 Å². The normalized spacial score (nSPS) is 17.5. The number of carboxylic acid groups (broad SMARTS) is 1. The Kier molecular flexibility index (Phi) is 5.52. The van der Waals surface area contributed by atoms with Gasteiger partial charge >= 0.3 is 5.97 Å². The standard InChI is InChI=1S/C28H29N3O3/c1-15-12-21(18(4)31-23-10-7-16(2)30-25(23)28(32)33)27-22(13-15)24(19-8-9-19)17(3)26(34-27)20-6-5-11-29-14-20/h5-7,10,12-14,18,29,31H,8-9,11H2,1-4H3,(H,32,33). The van der Waals surface area contributed by atoms with E-state index in [4.69, 9.17) is 4.74 Å². The molecule has 2 aromatic rings. The van der Waals surface area contributed by atoms with E-state index in [-0.39, 0.29) is 11.7 Å². The Labute approximate surface area is 199 Å². The van der Waals surface area contributed by atoms with Gasteiger partial charge in [0.1, 0.15) is 11.5 Å². The third kappa shape index (κ3) is 4.00. The number of carbonyl (C=O) groups is 1. The third-order valence-electron chi connectivity index (χ3n) is 6.43. The number of benzene rings is 1. The van der Waals surface area contributed by atoms with Gasteiger partial charge in [-0.25, -0.2) is 9.78 Å². The van der Waals surface area contributed by atoms with Crippen molar-refractivity contribution in [2.75, 3.05) is 11.9 Å². The van der Waals surface area contributed by atoms with Crippen molar-refractivity contribution in [3.8, 4) is 5.75 Å². The van der Waals surface area contributed by atoms with Crippen LogP contribution in [-0.4, -0.2) is 22.6 Å². The molecule has 2 aliphatic heterocycles. The van der Waals surface area contributed by atoms with Crippen LogP contribution in [0.4, 0.5) is 5.69 Å². The zero-order valence-corrected chi connectivity index (χ0v) is 20.0. The lowest BCUT2D eigenvalue weighted by molar-refractivity contribution is 0.0691. The molecule has 1 aromatic heterocycles. The smallest absolute Gasteiger partial charge is 0.356 e. The minimum absolute atomic E-state index is 0.0232. The van der Waals surface area contributed by atoms with E-state index in [2.05, 4.69) is 53.7 Å². The van der Waals surface area contributed by atoms with Gasteiger partial charge in [0.15, 0.2) is 5.69 Å². The number of anilines is 1. The summed E-state index contributed by atoms with van der Waals surface area (Å²) in [4.78, 5) is 16.0. The average molecular weight is 456 g/mol. The number of nitrogens with zero attached hydrogens (tertiary/aromatic N) is 1. The number of aromatic nitrogens is 1. The second kappa shape index (κ2) is 8.52. The van der Waals surface area contributed by atoms with Crippen molar-refractivity contribution < 1.29 is 14.6 Å². The van der Waals surface area contributed by atoms with Gasteiger partial charge < -0.3 is 20.5 Å². The van der Waals surface area contributed by atoms with E-state index in [0.29, 0.717) is 11.4 Å². The van der Waals surface area contributed by atoms with Crippen LogP contribution in [0.3, 0.4) is 0 Å². The molecule has 5 rings (SSSR count). The van der Waals surface area contributed by atoms with Gasteiger partial charge in [-0.05, 0) is 69.9 Å². The number of ether oxygens (including phenoxy) is 1. The van der Waals surface area contributed by atoms with E-state index in [1.54, 1.807) is 13.0 Å². The lowest BCUT2D eigenvalue weighted by Crippen LogP contribution is -2.19. The fraction of sp³-hybridized carbons (Fsp3) is 0.286. The van der Waals surface area contributed by atoms with Crippen molar-refractivity contribution in [1.82, 2.24) is 10.3 Å². The molecule has 0 spiro atoms. The summed E-state index contributed by atoms with van der Waals surface area (Å²) in [5.74, 6) is 0.648. The van der Waals surface area contributed by atoms with Gasteiger partial charge in [-0.15, -0.1) is 0 Å². The fourth-order valence-electron chi connectivity index (χ4n) is 4.72. The molecule has 1 saturated carbocycles. The van der Waals surface area contributed by atoms with Crippen LogP contribution in [-0.2, 0) is 0 Å². The summed E-state index contributed by atoms with van der Waals surface area (Å²) in [5, 5.41) is 16.3. The third-order valence-corrected chi connectivity index (χ3v) is 6.43.